The summed E-state index contributed by atoms with van der Waals surface area (Å²) in [5, 5.41) is 9.96. The molecule has 6 nitrogen and oxygen atoms in total. The lowest BCUT2D eigenvalue weighted by atomic mass is 10.1. The molecule has 0 unspecified atom stereocenters. The van der Waals surface area contributed by atoms with Crippen molar-refractivity contribution in [1.29, 1.82) is 0 Å². The SMILES string of the molecule is CCc1c(C(=O)Nc2cccc(C(=O)NC)c2C)cnn1Cc1ccccc1. The van der Waals surface area contributed by atoms with E-state index in [-0.39, 0.29) is 11.8 Å². The van der Waals surface area contributed by atoms with E-state index in [0.29, 0.717) is 29.8 Å². The van der Waals surface area contributed by atoms with Crippen molar-refractivity contribution >= 4 is 17.5 Å². The van der Waals surface area contributed by atoms with Crippen LogP contribution in [0, 0.1) is 6.92 Å². The Labute approximate surface area is 164 Å². The molecule has 144 valence electrons. The number of hydrogen-bond donors (Lipinski definition) is 2. The van der Waals surface area contributed by atoms with Crippen LogP contribution < -0.4 is 10.6 Å². The Kier molecular flexibility index (Phi) is 5.89. The highest BCUT2D eigenvalue weighted by molar-refractivity contribution is 6.06. The summed E-state index contributed by atoms with van der Waals surface area (Å²) in [6.45, 7) is 4.44. The third-order valence-electron chi connectivity index (χ3n) is 4.76. The van der Waals surface area contributed by atoms with Gasteiger partial charge < -0.3 is 10.6 Å². The average Bonchev–Trinajstić information content (AvgIpc) is 3.12. The Morgan fingerprint density at radius 1 is 1.00 bits per heavy atom. The minimum atomic E-state index is -0.228. The zero-order chi connectivity index (χ0) is 20.1. The molecule has 0 spiro atoms. The molecular weight excluding hydrogens is 352 g/mol. The van der Waals surface area contributed by atoms with Gasteiger partial charge in [-0.25, -0.2) is 0 Å². The van der Waals surface area contributed by atoms with Crippen LogP contribution in [-0.2, 0) is 13.0 Å². The predicted octanol–water partition coefficient (Wildman–Crippen LogP) is 3.41. The molecule has 3 rings (SSSR count). The minimum Gasteiger partial charge on any atom is -0.355 e. The van der Waals surface area contributed by atoms with Crippen molar-refractivity contribution in [3.8, 4) is 0 Å². The van der Waals surface area contributed by atoms with E-state index in [0.717, 1.165) is 16.8 Å². The molecular formula is C22H24N4O2. The summed E-state index contributed by atoms with van der Waals surface area (Å²) >= 11 is 0. The van der Waals surface area contributed by atoms with Crippen molar-refractivity contribution in [3.05, 3.63) is 82.7 Å². The maximum atomic E-state index is 12.9. The van der Waals surface area contributed by atoms with Gasteiger partial charge in [0, 0.05) is 18.3 Å². The predicted molar refractivity (Wildman–Crippen MR) is 110 cm³/mol. The fourth-order valence-electron chi connectivity index (χ4n) is 3.21. The Morgan fingerprint density at radius 2 is 1.75 bits per heavy atom. The second kappa shape index (κ2) is 8.52. The zero-order valence-electron chi connectivity index (χ0n) is 16.3. The van der Waals surface area contributed by atoms with Crippen LogP contribution in [0.25, 0.3) is 0 Å². The van der Waals surface area contributed by atoms with Gasteiger partial charge in [-0.15, -0.1) is 0 Å². The molecule has 0 saturated heterocycles. The maximum absolute atomic E-state index is 12.9. The van der Waals surface area contributed by atoms with E-state index in [2.05, 4.69) is 15.7 Å². The summed E-state index contributed by atoms with van der Waals surface area (Å²) in [6, 6.07) is 15.3. The number of amides is 2. The molecule has 0 radical (unpaired) electrons. The highest BCUT2D eigenvalue weighted by atomic mass is 16.2. The van der Waals surface area contributed by atoms with Gasteiger partial charge in [-0.3, -0.25) is 14.3 Å². The van der Waals surface area contributed by atoms with E-state index < -0.39 is 0 Å². The number of rotatable bonds is 6. The van der Waals surface area contributed by atoms with Gasteiger partial charge in [-0.1, -0.05) is 43.3 Å². The van der Waals surface area contributed by atoms with Crippen LogP contribution in [-0.4, -0.2) is 28.6 Å². The number of anilines is 1. The lowest BCUT2D eigenvalue weighted by molar-refractivity contribution is 0.0960. The molecule has 2 N–H and O–H groups in total. The summed E-state index contributed by atoms with van der Waals surface area (Å²) < 4.78 is 1.86. The van der Waals surface area contributed by atoms with E-state index in [4.69, 9.17) is 0 Å². The van der Waals surface area contributed by atoms with Crippen molar-refractivity contribution in [2.45, 2.75) is 26.8 Å². The van der Waals surface area contributed by atoms with Gasteiger partial charge in [0.15, 0.2) is 0 Å². The van der Waals surface area contributed by atoms with Gasteiger partial charge in [0.25, 0.3) is 11.8 Å². The fraction of sp³-hybridized carbons (Fsp3) is 0.227. The molecule has 0 aliphatic carbocycles. The molecule has 3 aromatic rings. The van der Waals surface area contributed by atoms with Gasteiger partial charge in [0.05, 0.1) is 24.0 Å². The number of carbonyl (C=O) groups is 2. The molecule has 0 saturated carbocycles. The average molecular weight is 376 g/mol. The lowest BCUT2D eigenvalue weighted by Gasteiger charge is -2.12. The largest absolute Gasteiger partial charge is 0.355 e. The number of carbonyl (C=O) groups excluding carboxylic acids is 2. The summed E-state index contributed by atoms with van der Waals surface area (Å²) in [5.41, 5.74) is 4.43. The van der Waals surface area contributed by atoms with Crippen LogP contribution in [0.3, 0.4) is 0 Å². The molecule has 0 fully saturated rings. The Hall–Kier alpha value is -3.41. The molecule has 2 aromatic carbocycles. The van der Waals surface area contributed by atoms with Gasteiger partial charge in [-0.2, -0.15) is 5.10 Å². The number of aromatic nitrogens is 2. The molecule has 2 amide bonds. The molecule has 1 heterocycles. The van der Waals surface area contributed by atoms with Gasteiger partial charge in [0.1, 0.15) is 0 Å². The quantitative estimate of drug-likeness (QED) is 0.692. The van der Waals surface area contributed by atoms with Crippen LogP contribution >= 0.6 is 0 Å². The van der Waals surface area contributed by atoms with Crippen molar-refractivity contribution in [3.63, 3.8) is 0 Å². The lowest BCUT2D eigenvalue weighted by Crippen LogP contribution is -2.20. The first kappa shape index (κ1) is 19.4. The summed E-state index contributed by atoms with van der Waals surface area (Å²) in [6.07, 6.45) is 2.29. The van der Waals surface area contributed by atoms with Crippen molar-refractivity contribution in [1.82, 2.24) is 15.1 Å². The normalized spacial score (nSPS) is 10.5. The zero-order valence-corrected chi connectivity index (χ0v) is 16.3. The molecule has 1 aromatic heterocycles. The third-order valence-corrected chi connectivity index (χ3v) is 4.76. The van der Waals surface area contributed by atoms with Gasteiger partial charge in [-0.05, 0) is 36.6 Å². The van der Waals surface area contributed by atoms with Crippen molar-refractivity contribution in [2.24, 2.45) is 0 Å². The minimum absolute atomic E-state index is 0.182. The van der Waals surface area contributed by atoms with Crippen LogP contribution in [0.2, 0.25) is 0 Å². The first-order valence-electron chi connectivity index (χ1n) is 9.26. The molecule has 28 heavy (non-hydrogen) atoms. The molecule has 0 bridgehead atoms. The summed E-state index contributed by atoms with van der Waals surface area (Å²) in [5.74, 6) is -0.410. The smallest absolute Gasteiger partial charge is 0.259 e. The highest BCUT2D eigenvalue weighted by Crippen LogP contribution is 2.21. The first-order chi connectivity index (χ1) is 13.5. The summed E-state index contributed by atoms with van der Waals surface area (Å²) in [7, 11) is 1.58. The van der Waals surface area contributed by atoms with E-state index >= 15 is 0 Å². The topological polar surface area (TPSA) is 76.0 Å². The van der Waals surface area contributed by atoms with Crippen molar-refractivity contribution in [2.75, 3.05) is 12.4 Å². The second-order valence-electron chi connectivity index (χ2n) is 6.51. The molecule has 0 atom stereocenters. The number of benzene rings is 2. The molecule has 0 aliphatic heterocycles. The Morgan fingerprint density at radius 3 is 2.43 bits per heavy atom. The monoisotopic (exact) mass is 376 g/mol. The van der Waals surface area contributed by atoms with E-state index in [1.54, 1.807) is 31.4 Å². The van der Waals surface area contributed by atoms with Gasteiger partial charge >= 0.3 is 0 Å². The first-order valence-corrected chi connectivity index (χ1v) is 9.26. The van der Waals surface area contributed by atoms with Crippen LogP contribution in [0.15, 0.2) is 54.7 Å². The van der Waals surface area contributed by atoms with Crippen LogP contribution in [0.1, 0.15) is 44.5 Å². The van der Waals surface area contributed by atoms with E-state index in [1.807, 2.05) is 48.9 Å². The third kappa shape index (κ3) is 3.96. The Balaban J connectivity index is 1.85. The number of nitrogens with zero attached hydrogens (tertiary/aromatic N) is 2. The standard InChI is InChI=1S/C22H24N4O2/c1-4-20-18(13-24-26(20)14-16-9-6-5-7-10-16)22(28)25-19-12-8-11-17(15(19)2)21(27)23-3/h5-13H,4,14H2,1-3H3,(H,23,27)(H,25,28). The fourth-order valence-corrected chi connectivity index (χ4v) is 3.21. The number of nitrogens with one attached hydrogen (secondary N) is 2. The Bertz CT molecular complexity index is 993. The second-order valence-corrected chi connectivity index (χ2v) is 6.51. The van der Waals surface area contributed by atoms with E-state index in [9.17, 15) is 9.59 Å². The van der Waals surface area contributed by atoms with Crippen LogP contribution in [0.5, 0.6) is 0 Å². The molecule has 6 heteroatoms. The number of hydrogen-bond acceptors (Lipinski definition) is 3. The van der Waals surface area contributed by atoms with Crippen molar-refractivity contribution < 1.29 is 9.59 Å². The molecule has 0 aliphatic rings. The van der Waals surface area contributed by atoms with Crippen LogP contribution in [0.4, 0.5) is 5.69 Å². The van der Waals surface area contributed by atoms with E-state index in [1.165, 1.54) is 0 Å². The summed E-state index contributed by atoms with van der Waals surface area (Å²) in [4.78, 5) is 24.9. The maximum Gasteiger partial charge on any atom is 0.259 e. The highest BCUT2D eigenvalue weighted by Gasteiger charge is 2.18. The van der Waals surface area contributed by atoms with Gasteiger partial charge in [0.2, 0.25) is 0 Å².